The standard InChI is InChI=1S/C15H19N3O3S3/c1-11-10-23-15(16-11)17-13(19)9-12-5-2-3-7-18(12)24(20,21)14-6-4-8-22-14/h4,6,8,10,12H,2-3,5,7,9H2,1H3,(H,16,17,19)/t12-/m0/s1. The fraction of sp³-hybridized carbons (Fsp3) is 0.467. The van der Waals surface area contributed by atoms with Gasteiger partial charge < -0.3 is 5.32 Å². The highest BCUT2D eigenvalue weighted by Crippen LogP contribution is 2.29. The van der Waals surface area contributed by atoms with Gasteiger partial charge in [0, 0.05) is 24.4 Å². The summed E-state index contributed by atoms with van der Waals surface area (Å²) in [6.45, 7) is 2.33. The molecular weight excluding hydrogens is 366 g/mol. The molecule has 9 heteroatoms. The largest absolute Gasteiger partial charge is 0.302 e. The van der Waals surface area contributed by atoms with Gasteiger partial charge in [0.05, 0.1) is 5.69 Å². The number of thiazole rings is 1. The van der Waals surface area contributed by atoms with Crippen molar-refractivity contribution in [3.05, 3.63) is 28.6 Å². The molecule has 1 saturated heterocycles. The number of carbonyl (C=O) groups excluding carboxylic acids is 1. The first-order valence-electron chi connectivity index (χ1n) is 7.74. The summed E-state index contributed by atoms with van der Waals surface area (Å²) in [7, 11) is -3.52. The van der Waals surface area contributed by atoms with Crippen LogP contribution >= 0.6 is 22.7 Å². The van der Waals surface area contributed by atoms with Crippen LogP contribution in [0.3, 0.4) is 0 Å². The van der Waals surface area contributed by atoms with Crippen molar-refractivity contribution in [2.75, 3.05) is 11.9 Å². The number of carbonyl (C=O) groups is 1. The van der Waals surface area contributed by atoms with Gasteiger partial charge >= 0.3 is 0 Å². The maximum absolute atomic E-state index is 12.8. The number of anilines is 1. The van der Waals surface area contributed by atoms with Crippen LogP contribution < -0.4 is 5.32 Å². The molecule has 2 aromatic heterocycles. The summed E-state index contributed by atoms with van der Waals surface area (Å²) in [5.74, 6) is -0.192. The van der Waals surface area contributed by atoms with Crippen molar-refractivity contribution < 1.29 is 13.2 Å². The Morgan fingerprint density at radius 1 is 1.42 bits per heavy atom. The van der Waals surface area contributed by atoms with E-state index < -0.39 is 10.0 Å². The highest BCUT2D eigenvalue weighted by Gasteiger charge is 2.35. The molecule has 1 aliphatic heterocycles. The van der Waals surface area contributed by atoms with Gasteiger partial charge in [0.15, 0.2) is 5.13 Å². The Hall–Kier alpha value is -1.29. The van der Waals surface area contributed by atoms with Gasteiger partial charge in [-0.2, -0.15) is 4.31 Å². The minimum Gasteiger partial charge on any atom is -0.302 e. The summed E-state index contributed by atoms with van der Waals surface area (Å²) in [5, 5.41) is 6.94. The second-order valence-electron chi connectivity index (χ2n) is 5.74. The van der Waals surface area contributed by atoms with Crippen molar-refractivity contribution in [2.45, 2.75) is 42.9 Å². The minimum absolute atomic E-state index is 0.156. The Morgan fingerprint density at radius 3 is 2.92 bits per heavy atom. The molecule has 6 nitrogen and oxygen atoms in total. The smallest absolute Gasteiger partial charge is 0.252 e. The van der Waals surface area contributed by atoms with Gasteiger partial charge in [-0.25, -0.2) is 13.4 Å². The zero-order chi connectivity index (χ0) is 17.2. The molecule has 2 aromatic rings. The van der Waals surface area contributed by atoms with E-state index in [2.05, 4.69) is 10.3 Å². The van der Waals surface area contributed by atoms with Crippen LogP contribution in [0.15, 0.2) is 27.1 Å². The molecular formula is C15H19N3O3S3. The van der Waals surface area contributed by atoms with Gasteiger partial charge in [-0.05, 0) is 31.2 Å². The normalized spacial score (nSPS) is 19.3. The number of amides is 1. The molecule has 1 atom stereocenters. The number of rotatable bonds is 5. The third kappa shape index (κ3) is 3.85. The Bertz CT molecular complexity index is 799. The topological polar surface area (TPSA) is 79.4 Å². The van der Waals surface area contributed by atoms with Crippen molar-refractivity contribution >= 4 is 43.7 Å². The third-order valence-electron chi connectivity index (χ3n) is 3.92. The maximum Gasteiger partial charge on any atom is 0.252 e. The van der Waals surface area contributed by atoms with Crippen LogP contribution in [-0.2, 0) is 14.8 Å². The summed E-state index contributed by atoms with van der Waals surface area (Å²) in [6.07, 6.45) is 2.62. The van der Waals surface area contributed by atoms with Gasteiger partial charge in [0.2, 0.25) is 5.91 Å². The molecule has 0 aliphatic carbocycles. The van der Waals surface area contributed by atoms with E-state index in [0.29, 0.717) is 22.3 Å². The maximum atomic E-state index is 12.8. The Kier molecular flexibility index (Phi) is 5.33. The number of piperidine rings is 1. The molecule has 3 heterocycles. The zero-order valence-electron chi connectivity index (χ0n) is 13.3. The van der Waals surface area contributed by atoms with E-state index in [1.165, 1.54) is 27.0 Å². The van der Waals surface area contributed by atoms with Gasteiger partial charge in [0.25, 0.3) is 10.0 Å². The predicted octanol–water partition coefficient (Wildman–Crippen LogP) is 3.09. The molecule has 130 valence electrons. The van der Waals surface area contributed by atoms with Crippen molar-refractivity contribution in [1.82, 2.24) is 9.29 Å². The molecule has 0 saturated carbocycles. The van der Waals surface area contributed by atoms with Crippen LogP contribution in [0.25, 0.3) is 0 Å². The summed E-state index contributed by atoms with van der Waals surface area (Å²) in [4.78, 5) is 16.5. The molecule has 0 bridgehead atoms. The Balaban J connectivity index is 1.72. The zero-order valence-corrected chi connectivity index (χ0v) is 15.7. The Morgan fingerprint density at radius 2 is 2.25 bits per heavy atom. The molecule has 24 heavy (non-hydrogen) atoms. The van der Waals surface area contributed by atoms with Gasteiger partial charge in [-0.15, -0.1) is 22.7 Å². The van der Waals surface area contributed by atoms with E-state index in [0.717, 1.165) is 18.5 Å². The van der Waals surface area contributed by atoms with Gasteiger partial charge in [-0.3, -0.25) is 4.79 Å². The van der Waals surface area contributed by atoms with Crippen molar-refractivity contribution in [2.24, 2.45) is 0 Å². The average Bonchev–Trinajstić information content (AvgIpc) is 3.20. The lowest BCUT2D eigenvalue weighted by Gasteiger charge is -2.33. The first kappa shape index (κ1) is 17.5. The van der Waals surface area contributed by atoms with Crippen LogP contribution in [0.2, 0.25) is 0 Å². The van der Waals surface area contributed by atoms with Crippen molar-refractivity contribution in [3.63, 3.8) is 0 Å². The second kappa shape index (κ2) is 7.30. The molecule has 1 aliphatic rings. The molecule has 1 fully saturated rings. The van der Waals surface area contributed by atoms with E-state index in [1.54, 1.807) is 17.5 Å². The second-order valence-corrected chi connectivity index (χ2v) is 9.67. The number of thiophene rings is 1. The van der Waals surface area contributed by atoms with Crippen LogP contribution in [0.1, 0.15) is 31.4 Å². The monoisotopic (exact) mass is 385 g/mol. The number of nitrogens with one attached hydrogen (secondary N) is 1. The van der Waals surface area contributed by atoms with E-state index in [4.69, 9.17) is 0 Å². The first-order valence-corrected chi connectivity index (χ1v) is 10.9. The molecule has 1 amide bonds. The summed E-state index contributed by atoms with van der Waals surface area (Å²) in [5.41, 5.74) is 0.856. The number of aromatic nitrogens is 1. The fourth-order valence-corrected chi connectivity index (χ4v) is 6.33. The summed E-state index contributed by atoms with van der Waals surface area (Å²) in [6, 6.07) is 3.05. The van der Waals surface area contributed by atoms with Gasteiger partial charge in [-0.1, -0.05) is 12.5 Å². The molecule has 0 unspecified atom stereocenters. The highest BCUT2D eigenvalue weighted by molar-refractivity contribution is 7.91. The number of hydrogen-bond acceptors (Lipinski definition) is 6. The van der Waals surface area contributed by atoms with Crippen LogP contribution in [-0.4, -0.2) is 36.2 Å². The molecule has 0 spiro atoms. The van der Waals surface area contributed by atoms with Crippen molar-refractivity contribution in [1.29, 1.82) is 0 Å². The fourth-order valence-electron chi connectivity index (χ4n) is 2.82. The summed E-state index contributed by atoms with van der Waals surface area (Å²) < 4.78 is 27.4. The number of hydrogen-bond donors (Lipinski definition) is 1. The lowest BCUT2D eigenvalue weighted by atomic mass is 10.0. The molecule has 1 N–H and O–H groups in total. The quantitative estimate of drug-likeness (QED) is 0.858. The number of aryl methyl sites for hydroxylation is 1. The molecule has 3 rings (SSSR count). The minimum atomic E-state index is -3.52. The number of nitrogens with zero attached hydrogens (tertiary/aromatic N) is 2. The van der Waals surface area contributed by atoms with E-state index in [1.807, 2.05) is 12.3 Å². The number of sulfonamides is 1. The van der Waals surface area contributed by atoms with E-state index in [9.17, 15) is 13.2 Å². The van der Waals surface area contributed by atoms with Crippen LogP contribution in [0.5, 0.6) is 0 Å². The third-order valence-corrected chi connectivity index (χ3v) is 8.12. The average molecular weight is 386 g/mol. The Labute approximate surface area is 149 Å². The van der Waals surface area contributed by atoms with Crippen LogP contribution in [0.4, 0.5) is 5.13 Å². The first-order chi connectivity index (χ1) is 11.5. The lowest BCUT2D eigenvalue weighted by Crippen LogP contribution is -2.45. The van der Waals surface area contributed by atoms with Gasteiger partial charge in [0.1, 0.15) is 4.21 Å². The highest BCUT2D eigenvalue weighted by atomic mass is 32.2. The van der Waals surface area contributed by atoms with E-state index >= 15 is 0 Å². The predicted molar refractivity (Wildman–Crippen MR) is 95.9 cm³/mol. The SMILES string of the molecule is Cc1csc(NC(=O)C[C@@H]2CCCCN2S(=O)(=O)c2cccs2)n1. The van der Waals surface area contributed by atoms with Crippen LogP contribution in [0, 0.1) is 6.92 Å². The summed E-state index contributed by atoms with van der Waals surface area (Å²) >= 11 is 2.58. The lowest BCUT2D eigenvalue weighted by molar-refractivity contribution is -0.117. The van der Waals surface area contributed by atoms with Crippen molar-refractivity contribution in [3.8, 4) is 0 Å². The van der Waals surface area contributed by atoms with E-state index in [-0.39, 0.29) is 18.4 Å². The molecule has 0 radical (unpaired) electrons. The molecule has 0 aromatic carbocycles.